The average molecular weight is 229 g/mol. The summed E-state index contributed by atoms with van der Waals surface area (Å²) in [6, 6.07) is 0. The summed E-state index contributed by atoms with van der Waals surface area (Å²) in [5.74, 6) is 0.0954. The van der Waals surface area contributed by atoms with Crippen LogP contribution in [0.4, 0.5) is 0 Å². The van der Waals surface area contributed by atoms with E-state index in [2.05, 4.69) is 0 Å². The standard InChI is InChI=1S/C10H15NO3S/c12-9(8-2-1-5-15-8)11-4-3-7(6-11)10(13)14/h7-8H,1-6H2,(H,13,14). The van der Waals surface area contributed by atoms with Gasteiger partial charge in [-0.25, -0.2) is 0 Å². The molecule has 0 bridgehead atoms. The van der Waals surface area contributed by atoms with Gasteiger partial charge in [0.15, 0.2) is 0 Å². The van der Waals surface area contributed by atoms with E-state index in [1.165, 1.54) is 0 Å². The Morgan fingerprint density at radius 1 is 1.33 bits per heavy atom. The van der Waals surface area contributed by atoms with Gasteiger partial charge in [0, 0.05) is 13.1 Å². The van der Waals surface area contributed by atoms with Crippen molar-refractivity contribution in [1.82, 2.24) is 4.90 Å². The Labute approximate surface area is 93.0 Å². The monoisotopic (exact) mass is 229 g/mol. The van der Waals surface area contributed by atoms with E-state index in [0.29, 0.717) is 19.5 Å². The molecular weight excluding hydrogens is 214 g/mol. The van der Waals surface area contributed by atoms with E-state index in [1.807, 2.05) is 0 Å². The van der Waals surface area contributed by atoms with E-state index in [0.717, 1.165) is 18.6 Å². The fraction of sp³-hybridized carbons (Fsp3) is 0.800. The van der Waals surface area contributed by atoms with Crippen LogP contribution in [0.3, 0.4) is 0 Å². The molecule has 4 nitrogen and oxygen atoms in total. The van der Waals surface area contributed by atoms with Crippen LogP contribution in [-0.2, 0) is 9.59 Å². The molecule has 2 atom stereocenters. The van der Waals surface area contributed by atoms with Crippen molar-refractivity contribution < 1.29 is 14.7 Å². The first-order valence-electron chi connectivity index (χ1n) is 5.31. The van der Waals surface area contributed by atoms with Crippen molar-refractivity contribution in [2.24, 2.45) is 5.92 Å². The first-order chi connectivity index (χ1) is 7.18. The van der Waals surface area contributed by atoms with E-state index < -0.39 is 5.97 Å². The number of likely N-dealkylation sites (tertiary alicyclic amines) is 1. The third-order valence-corrected chi connectivity index (χ3v) is 4.42. The largest absolute Gasteiger partial charge is 0.481 e. The molecule has 84 valence electrons. The average Bonchev–Trinajstić information content (AvgIpc) is 2.88. The van der Waals surface area contributed by atoms with Gasteiger partial charge in [-0.05, 0) is 25.0 Å². The number of hydrogen-bond donors (Lipinski definition) is 1. The Morgan fingerprint density at radius 3 is 2.67 bits per heavy atom. The van der Waals surface area contributed by atoms with Gasteiger partial charge in [0.05, 0.1) is 11.2 Å². The quantitative estimate of drug-likeness (QED) is 0.761. The maximum Gasteiger partial charge on any atom is 0.308 e. The van der Waals surface area contributed by atoms with Crippen molar-refractivity contribution in [1.29, 1.82) is 0 Å². The van der Waals surface area contributed by atoms with Crippen LogP contribution in [-0.4, -0.2) is 46.0 Å². The van der Waals surface area contributed by atoms with Crippen LogP contribution in [0.2, 0.25) is 0 Å². The SMILES string of the molecule is O=C(O)C1CCN(C(=O)C2CCCS2)C1. The molecule has 0 aromatic rings. The molecule has 2 unspecified atom stereocenters. The molecule has 2 saturated heterocycles. The lowest BCUT2D eigenvalue weighted by atomic mass is 10.1. The zero-order chi connectivity index (χ0) is 10.8. The fourth-order valence-corrected chi connectivity index (χ4v) is 3.38. The third-order valence-electron chi connectivity index (χ3n) is 3.05. The third kappa shape index (κ3) is 2.27. The van der Waals surface area contributed by atoms with Gasteiger partial charge < -0.3 is 10.0 Å². The van der Waals surface area contributed by atoms with Crippen LogP contribution in [0.5, 0.6) is 0 Å². The molecule has 2 rings (SSSR count). The lowest BCUT2D eigenvalue weighted by molar-refractivity contribution is -0.141. The number of amides is 1. The fourth-order valence-electron chi connectivity index (χ4n) is 2.14. The van der Waals surface area contributed by atoms with Crippen LogP contribution >= 0.6 is 11.8 Å². The minimum absolute atomic E-state index is 0.0949. The highest BCUT2D eigenvalue weighted by atomic mass is 32.2. The Kier molecular flexibility index (Phi) is 3.19. The predicted molar refractivity (Wildman–Crippen MR) is 57.8 cm³/mol. The van der Waals surface area contributed by atoms with Gasteiger partial charge in [0.25, 0.3) is 0 Å². The molecule has 5 heteroatoms. The molecule has 1 N–H and O–H groups in total. The van der Waals surface area contributed by atoms with Gasteiger partial charge in [0.2, 0.25) is 5.91 Å². The molecule has 0 saturated carbocycles. The highest BCUT2D eigenvalue weighted by Gasteiger charge is 2.35. The molecule has 2 fully saturated rings. The first-order valence-corrected chi connectivity index (χ1v) is 6.36. The van der Waals surface area contributed by atoms with Crippen molar-refractivity contribution in [3.8, 4) is 0 Å². The lowest BCUT2D eigenvalue weighted by Gasteiger charge is -2.19. The Morgan fingerprint density at radius 2 is 2.13 bits per heavy atom. The Bertz CT molecular complexity index is 276. The minimum Gasteiger partial charge on any atom is -0.481 e. The number of carbonyl (C=O) groups excluding carboxylic acids is 1. The maximum absolute atomic E-state index is 11.9. The van der Waals surface area contributed by atoms with Crippen molar-refractivity contribution in [3.05, 3.63) is 0 Å². The van der Waals surface area contributed by atoms with Crippen LogP contribution in [0.25, 0.3) is 0 Å². The summed E-state index contributed by atoms with van der Waals surface area (Å²) in [7, 11) is 0. The molecular formula is C10H15NO3S. The number of carboxylic acid groups (broad SMARTS) is 1. The van der Waals surface area contributed by atoms with Gasteiger partial charge in [-0.3, -0.25) is 9.59 Å². The second-order valence-electron chi connectivity index (χ2n) is 4.11. The summed E-state index contributed by atoms with van der Waals surface area (Å²) < 4.78 is 0. The molecule has 15 heavy (non-hydrogen) atoms. The number of carboxylic acids is 1. The van der Waals surface area contributed by atoms with E-state index in [9.17, 15) is 9.59 Å². The predicted octanol–water partition coefficient (Wildman–Crippen LogP) is 0.815. The van der Waals surface area contributed by atoms with E-state index in [4.69, 9.17) is 5.11 Å². The van der Waals surface area contributed by atoms with Crippen molar-refractivity contribution in [3.63, 3.8) is 0 Å². The van der Waals surface area contributed by atoms with Crippen molar-refractivity contribution >= 4 is 23.6 Å². The van der Waals surface area contributed by atoms with Crippen molar-refractivity contribution in [2.45, 2.75) is 24.5 Å². The number of nitrogens with zero attached hydrogens (tertiary/aromatic N) is 1. The molecule has 0 aromatic heterocycles. The van der Waals surface area contributed by atoms with E-state index in [-0.39, 0.29) is 17.1 Å². The van der Waals surface area contributed by atoms with Gasteiger partial charge in [-0.1, -0.05) is 0 Å². The molecule has 0 aliphatic carbocycles. The second kappa shape index (κ2) is 4.43. The van der Waals surface area contributed by atoms with Crippen LogP contribution in [0.1, 0.15) is 19.3 Å². The number of hydrogen-bond acceptors (Lipinski definition) is 3. The first kappa shape index (κ1) is 10.8. The number of aliphatic carboxylic acids is 1. The Balaban J connectivity index is 1.89. The van der Waals surface area contributed by atoms with Crippen molar-refractivity contribution in [2.75, 3.05) is 18.8 Å². The van der Waals surface area contributed by atoms with Crippen LogP contribution in [0, 0.1) is 5.92 Å². The molecule has 0 radical (unpaired) electrons. The minimum atomic E-state index is -0.774. The zero-order valence-corrected chi connectivity index (χ0v) is 9.33. The van der Waals surface area contributed by atoms with E-state index >= 15 is 0 Å². The zero-order valence-electron chi connectivity index (χ0n) is 8.52. The topological polar surface area (TPSA) is 57.6 Å². The van der Waals surface area contributed by atoms with E-state index in [1.54, 1.807) is 16.7 Å². The number of thioether (sulfide) groups is 1. The molecule has 2 heterocycles. The van der Waals surface area contributed by atoms with Gasteiger partial charge >= 0.3 is 5.97 Å². The number of carbonyl (C=O) groups is 2. The smallest absolute Gasteiger partial charge is 0.308 e. The van der Waals surface area contributed by atoms with Crippen LogP contribution < -0.4 is 0 Å². The number of rotatable bonds is 2. The van der Waals surface area contributed by atoms with Gasteiger partial charge in [-0.2, -0.15) is 0 Å². The molecule has 0 spiro atoms. The summed E-state index contributed by atoms with van der Waals surface area (Å²) in [4.78, 5) is 24.4. The summed E-state index contributed by atoms with van der Waals surface area (Å²) >= 11 is 1.71. The Hall–Kier alpha value is -0.710. The molecule has 2 aliphatic heterocycles. The van der Waals surface area contributed by atoms with Gasteiger partial charge in [0.1, 0.15) is 0 Å². The van der Waals surface area contributed by atoms with Crippen LogP contribution in [0.15, 0.2) is 0 Å². The summed E-state index contributed by atoms with van der Waals surface area (Å²) in [6.45, 7) is 1.03. The second-order valence-corrected chi connectivity index (χ2v) is 5.42. The summed E-state index contributed by atoms with van der Waals surface area (Å²) in [6.07, 6.45) is 2.67. The normalized spacial score (nSPS) is 30.8. The summed E-state index contributed by atoms with van der Waals surface area (Å²) in [5.41, 5.74) is 0. The highest BCUT2D eigenvalue weighted by molar-refractivity contribution is 8.00. The van der Waals surface area contributed by atoms with Gasteiger partial charge in [-0.15, -0.1) is 11.8 Å². The maximum atomic E-state index is 11.9. The molecule has 1 amide bonds. The summed E-state index contributed by atoms with van der Waals surface area (Å²) in [5, 5.41) is 8.93. The lowest BCUT2D eigenvalue weighted by Crippen LogP contribution is -2.35. The molecule has 2 aliphatic rings. The molecule has 0 aromatic carbocycles. The highest BCUT2D eigenvalue weighted by Crippen LogP contribution is 2.29.